The molecule has 1 aromatic rings. The summed E-state index contributed by atoms with van der Waals surface area (Å²) in [5.41, 5.74) is 1.77. The van der Waals surface area contributed by atoms with E-state index in [0.717, 1.165) is 43.2 Å². The molecule has 0 spiro atoms. The molecule has 0 fully saturated rings. The van der Waals surface area contributed by atoms with E-state index in [1.807, 2.05) is 24.3 Å². The molecule has 1 N–H and O–H groups in total. The maximum absolute atomic E-state index is 12.4. The van der Waals surface area contributed by atoms with E-state index in [1.165, 1.54) is 7.11 Å². The van der Waals surface area contributed by atoms with Gasteiger partial charge in [-0.3, -0.25) is 9.59 Å². The van der Waals surface area contributed by atoms with Crippen molar-refractivity contribution in [2.45, 2.75) is 44.4 Å². The fourth-order valence-electron chi connectivity index (χ4n) is 3.29. The van der Waals surface area contributed by atoms with Crippen LogP contribution in [0.1, 0.15) is 60.4 Å². The van der Waals surface area contributed by atoms with Crippen molar-refractivity contribution < 1.29 is 19.4 Å². The number of ether oxygens (including phenoxy) is 1. The van der Waals surface area contributed by atoms with Crippen LogP contribution in [0.3, 0.4) is 0 Å². The summed E-state index contributed by atoms with van der Waals surface area (Å²) in [5.74, 6) is -0.146. The van der Waals surface area contributed by atoms with Crippen LogP contribution in [0.2, 0.25) is 0 Å². The Morgan fingerprint density at radius 3 is 2.59 bits per heavy atom. The molecule has 0 radical (unpaired) electrons. The van der Waals surface area contributed by atoms with Crippen LogP contribution in [0.4, 0.5) is 0 Å². The minimum Gasteiger partial charge on any atom is -0.469 e. The van der Waals surface area contributed by atoms with Gasteiger partial charge in [0.05, 0.1) is 13.7 Å². The number of Topliss-reactive ketones (excluding diaryl/α,β-unsaturated/α-hetero) is 1. The molecule has 0 heterocycles. The molecular weight excluding hydrogens is 280 g/mol. The van der Waals surface area contributed by atoms with Crippen molar-refractivity contribution in [1.82, 2.24) is 0 Å². The van der Waals surface area contributed by atoms with E-state index < -0.39 is 0 Å². The monoisotopic (exact) mass is 304 g/mol. The number of rotatable bonds is 8. The number of hydrogen-bond donors (Lipinski definition) is 1. The topological polar surface area (TPSA) is 63.6 Å². The van der Waals surface area contributed by atoms with Crippen LogP contribution in [0, 0.1) is 5.92 Å². The maximum atomic E-state index is 12.4. The average molecular weight is 304 g/mol. The SMILES string of the molecule is COC(=O)CCCCCCC1C(=O)c2ccccc2C1CO. The minimum absolute atomic E-state index is 0.0236. The van der Waals surface area contributed by atoms with Crippen LogP contribution in [-0.4, -0.2) is 30.6 Å². The van der Waals surface area contributed by atoms with Gasteiger partial charge in [0.1, 0.15) is 0 Å². The number of hydrogen-bond acceptors (Lipinski definition) is 4. The number of carbonyl (C=O) groups excluding carboxylic acids is 2. The summed E-state index contributed by atoms with van der Waals surface area (Å²) in [7, 11) is 1.40. The molecule has 1 aliphatic rings. The molecule has 4 nitrogen and oxygen atoms in total. The summed E-state index contributed by atoms with van der Waals surface area (Å²) in [4.78, 5) is 23.5. The second kappa shape index (κ2) is 8.08. The number of unbranched alkanes of at least 4 members (excludes halogenated alkanes) is 3. The third-order valence-corrected chi connectivity index (χ3v) is 4.52. The predicted octanol–water partition coefficient (Wildman–Crippen LogP) is 3.09. The molecule has 4 heteroatoms. The van der Waals surface area contributed by atoms with Crippen molar-refractivity contribution in [3.05, 3.63) is 35.4 Å². The molecule has 120 valence electrons. The normalized spacial score (nSPS) is 20.0. The van der Waals surface area contributed by atoms with Crippen molar-refractivity contribution >= 4 is 11.8 Å². The quantitative estimate of drug-likeness (QED) is 0.592. The van der Waals surface area contributed by atoms with Gasteiger partial charge in [0, 0.05) is 23.8 Å². The van der Waals surface area contributed by atoms with Crippen LogP contribution in [0.5, 0.6) is 0 Å². The first-order valence-corrected chi connectivity index (χ1v) is 7.99. The minimum atomic E-state index is -0.165. The van der Waals surface area contributed by atoms with Gasteiger partial charge >= 0.3 is 5.97 Å². The number of benzene rings is 1. The predicted molar refractivity (Wildman–Crippen MR) is 83.8 cm³/mol. The fraction of sp³-hybridized carbons (Fsp3) is 0.556. The highest BCUT2D eigenvalue weighted by molar-refractivity contribution is 6.03. The number of aliphatic hydroxyl groups excluding tert-OH is 1. The van der Waals surface area contributed by atoms with Gasteiger partial charge in [-0.05, 0) is 18.4 Å². The van der Waals surface area contributed by atoms with Crippen molar-refractivity contribution in [2.75, 3.05) is 13.7 Å². The second-order valence-corrected chi connectivity index (χ2v) is 5.88. The molecule has 0 saturated heterocycles. The summed E-state index contributed by atoms with van der Waals surface area (Å²) in [6, 6.07) is 7.60. The van der Waals surface area contributed by atoms with E-state index in [2.05, 4.69) is 4.74 Å². The Hall–Kier alpha value is -1.68. The van der Waals surface area contributed by atoms with Crippen LogP contribution in [0.25, 0.3) is 0 Å². The lowest BCUT2D eigenvalue weighted by Crippen LogP contribution is -2.16. The highest BCUT2D eigenvalue weighted by Gasteiger charge is 2.38. The largest absolute Gasteiger partial charge is 0.469 e. The summed E-state index contributed by atoms with van der Waals surface area (Å²) in [5, 5.41) is 9.63. The number of methoxy groups -OCH3 is 1. The molecule has 22 heavy (non-hydrogen) atoms. The molecule has 1 aliphatic carbocycles. The molecule has 0 amide bonds. The van der Waals surface area contributed by atoms with Crippen molar-refractivity contribution in [2.24, 2.45) is 5.92 Å². The molecule has 0 bridgehead atoms. The summed E-state index contributed by atoms with van der Waals surface area (Å²) in [6.45, 7) is 0.0236. The first-order valence-electron chi connectivity index (χ1n) is 7.99. The molecular formula is C18H24O4. The Morgan fingerprint density at radius 1 is 1.14 bits per heavy atom. The van der Waals surface area contributed by atoms with E-state index in [1.54, 1.807) is 0 Å². The molecule has 0 aromatic heterocycles. The van der Waals surface area contributed by atoms with E-state index in [4.69, 9.17) is 0 Å². The average Bonchev–Trinajstić information content (AvgIpc) is 2.82. The van der Waals surface area contributed by atoms with Crippen LogP contribution in [0.15, 0.2) is 24.3 Å². The Bertz CT molecular complexity index is 524. The molecule has 0 aliphatic heterocycles. The van der Waals surface area contributed by atoms with Gasteiger partial charge < -0.3 is 9.84 Å². The number of aliphatic hydroxyl groups is 1. The van der Waals surface area contributed by atoms with Crippen LogP contribution >= 0.6 is 0 Å². The molecule has 2 rings (SSSR count). The third kappa shape index (κ3) is 3.74. The number of ketones is 1. The molecule has 0 saturated carbocycles. The van der Waals surface area contributed by atoms with Crippen LogP contribution in [-0.2, 0) is 9.53 Å². The maximum Gasteiger partial charge on any atom is 0.305 e. The van der Waals surface area contributed by atoms with Gasteiger partial charge in [0.2, 0.25) is 0 Å². The third-order valence-electron chi connectivity index (χ3n) is 4.52. The Labute approximate surface area is 131 Å². The fourth-order valence-corrected chi connectivity index (χ4v) is 3.29. The van der Waals surface area contributed by atoms with Gasteiger partial charge in [0.25, 0.3) is 0 Å². The van der Waals surface area contributed by atoms with Gasteiger partial charge in [-0.15, -0.1) is 0 Å². The Balaban J connectivity index is 1.79. The summed E-state index contributed by atoms with van der Waals surface area (Å²) >= 11 is 0. The number of esters is 1. The lowest BCUT2D eigenvalue weighted by atomic mass is 9.88. The van der Waals surface area contributed by atoms with Crippen molar-refractivity contribution in [3.8, 4) is 0 Å². The highest BCUT2D eigenvalue weighted by atomic mass is 16.5. The lowest BCUT2D eigenvalue weighted by Gasteiger charge is -2.16. The van der Waals surface area contributed by atoms with E-state index in [-0.39, 0.29) is 30.2 Å². The zero-order valence-corrected chi connectivity index (χ0v) is 13.1. The standard InChI is InChI=1S/C18H24O4/c1-22-17(20)11-5-3-2-4-9-15-16(12-19)13-8-6-7-10-14(13)18(15)21/h6-8,10,15-16,19H,2-5,9,11-12H2,1H3. The number of carbonyl (C=O) groups is 2. The van der Waals surface area contributed by atoms with Gasteiger partial charge in [-0.1, -0.05) is 43.5 Å². The van der Waals surface area contributed by atoms with E-state index in [9.17, 15) is 14.7 Å². The van der Waals surface area contributed by atoms with Crippen molar-refractivity contribution in [1.29, 1.82) is 0 Å². The first-order chi connectivity index (χ1) is 10.7. The van der Waals surface area contributed by atoms with Gasteiger partial charge in [0.15, 0.2) is 5.78 Å². The zero-order valence-electron chi connectivity index (χ0n) is 13.1. The smallest absolute Gasteiger partial charge is 0.305 e. The Morgan fingerprint density at radius 2 is 1.86 bits per heavy atom. The molecule has 2 unspecified atom stereocenters. The van der Waals surface area contributed by atoms with Crippen LogP contribution < -0.4 is 0 Å². The van der Waals surface area contributed by atoms with Gasteiger partial charge in [-0.25, -0.2) is 0 Å². The molecule has 2 atom stereocenters. The lowest BCUT2D eigenvalue weighted by molar-refractivity contribution is -0.140. The second-order valence-electron chi connectivity index (χ2n) is 5.88. The summed E-state index contributed by atoms with van der Waals surface area (Å²) < 4.78 is 4.61. The first kappa shape index (κ1) is 16.7. The zero-order chi connectivity index (χ0) is 15.9. The van der Waals surface area contributed by atoms with E-state index in [0.29, 0.717) is 6.42 Å². The van der Waals surface area contributed by atoms with Gasteiger partial charge in [-0.2, -0.15) is 0 Å². The number of fused-ring (bicyclic) bond motifs is 1. The van der Waals surface area contributed by atoms with E-state index >= 15 is 0 Å². The van der Waals surface area contributed by atoms with Crippen molar-refractivity contribution in [3.63, 3.8) is 0 Å². The molecule has 1 aromatic carbocycles. The highest BCUT2D eigenvalue weighted by Crippen LogP contribution is 2.40. The Kier molecular flexibility index (Phi) is 6.13. The summed E-state index contributed by atoms with van der Waals surface area (Å²) in [6.07, 6.45) is 5.00.